The number of nitrogens with one attached hydrogen (secondary N) is 1. The van der Waals surface area contributed by atoms with Crippen LogP contribution in [0.4, 0.5) is 0 Å². The average Bonchev–Trinajstić information content (AvgIpc) is 2.82. The van der Waals surface area contributed by atoms with E-state index in [1.54, 1.807) is 30.3 Å². The minimum atomic E-state index is -4.13. The highest BCUT2D eigenvalue weighted by molar-refractivity contribution is 7.84. The molecule has 0 spiro atoms. The first-order valence-corrected chi connectivity index (χ1v) is 7.58. The molecule has 0 radical (unpaired) electrons. The summed E-state index contributed by atoms with van der Waals surface area (Å²) >= 11 is 0. The molecule has 1 aromatic heterocycles. The normalized spacial score (nSPS) is 10.6. The predicted octanol–water partition coefficient (Wildman–Crippen LogP) is 1.44. The monoisotopic (exact) mass is 282 g/mol. The molecule has 0 amide bonds. The minimum absolute atomic E-state index is 0.423. The van der Waals surface area contributed by atoms with Crippen molar-refractivity contribution in [3.63, 3.8) is 0 Å². The lowest BCUT2D eigenvalue weighted by atomic mass is 10.2. The maximum Gasteiger partial charge on any atom is 0.241 e. The Balaban J connectivity index is 0.000000200. The molecule has 2 aromatic rings. The van der Waals surface area contributed by atoms with E-state index >= 15 is 0 Å². The third-order valence-electron chi connectivity index (χ3n) is 2.27. The van der Waals surface area contributed by atoms with E-state index in [1.165, 1.54) is 6.42 Å². The molecular formula is C13H18N2O3S. The molecule has 0 atom stereocenters. The zero-order valence-corrected chi connectivity index (χ0v) is 11.6. The van der Waals surface area contributed by atoms with E-state index in [4.69, 9.17) is 0 Å². The van der Waals surface area contributed by atoms with Crippen LogP contribution in [0.5, 0.6) is 0 Å². The summed E-state index contributed by atoms with van der Waals surface area (Å²) in [5.41, 5.74) is 0.530. The lowest BCUT2D eigenvalue weighted by Gasteiger charge is -2.05. The topological polar surface area (TPSA) is 76.9 Å². The Morgan fingerprint density at radius 1 is 1.26 bits per heavy atom. The standard InChI is InChI=1S/C7H8O3S.C6H10N2/c8-11(9,10)6-7-4-2-1-3-5-7;1-2-4-8-5-3-7-6-8/h1-5H,6H2,(H,8,9,10);3,5-6H,2,4H2,1H3. The molecule has 1 heterocycles. The third-order valence-corrected chi connectivity index (χ3v) is 2.96. The van der Waals surface area contributed by atoms with E-state index in [0.717, 1.165) is 6.54 Å². The van der Waals surface area contributed by atoms with Crippen molar-refractivity contribution in [1.29, 1.82) is 0 Å². The fourth-order valence-corrected chi connectivity index (χ4v) is 2.10. The minimum Gasteiger partial charge on any atom is -0.748 e. The van der Waals surface area contributed by atoms with Crippen molar-refractivity contribution < 1.29 is 17.5 Å². The predicted molar refractivity (Wildman–Crippen MR) is 71.1 cm³/mol. The second-order valence-electron chi connectivity index (χ2n) is 4.04. The second-order valence-corrected chi connectivity index (χ2v) is 5.44. The Morgan fingerprint density at radius 3 is 2.42 bits per heavy atom. The van der Waals surface area contributed by atoms with Crippen LogP contribution in [0.2, 0.25) is 0 Å². The molecule has 0 aliphatic rings. The number of aromatic amines is 1. The maximum atomic E-state index is 10.2. The molecule has 0 fully saturated rings. The first kappa shape index (κ1) is 15.4. The first-order valence-electron chi connectivity index (χ1n) is 6.00. The van der Waals surface area contributed by atoms with Gasteiger partial charge in [-0.25, -0.2) is 13.0 Å². The molecule has 0 unspecified atom stereocenters. The summed E-state index contributed by atoms with van der Waals surface area (Å²) < 4.78 is 32.9. The van der Waals surface area contributed by atoms with Crippen LogP contribution in [-0.4, -0.2) is 18.0 Å². The number of rotatable bonds is 4. The Hall–Kier alpha value is -1.66. The highest BCUT2D eigenvalue weighted by Crippen LogP contribution is 2.02. The van der Waals surface area contributed by atoms with E-state index in [-0.39, 0.29) is 0 Å². The van der Waals surface area contributed by atoms with Gasteiger partial charge in [-0.1, -0.05) is 37.3 Å². The van der Waals surface area contributed by atoms with Crippen LogP contribution in [0.15, 0.2) is 49.1 Å². The zero-order valence-electron chi connectivity index (χ0n) is 10.8. The number of aryl methyl sites for hydroxylation is 1. The van der Waals surface area contributed by atoms with Gasteiger partial charge in [-0.15, -0.1) is 0 Å². The summed E-state index contributed by atoms with van der Waals surface area (Å²) in [4.78, 5) is 2.98. The van der Waals surface area contributed by atoms with Crippen molar-refractivity contribution in [3.05, 3.63) is 54.6 Å². The highest BCUT2D eigenvalue weighted by Gasteiger charge is 1.96. The molecule has 1 N–H and O–H groups in total. The smallest absolute Gasteiger partial charge is 0.241 e. The van der Waals surface area contributed by atoms with Crippen molar-refractivity contribution in [1.82, 2.24) is 4.98 Å². The summed E-state index contributed by atoms with van der Waals surface area (Å²) in [5.74, 6) is -0.423. The van der Waals surface area contributed by atoms with Gasteiger partial charge < -0.3 is 4.55 Å². The maximum absolute atomic E-state index is 10.2. The van der Waals surface area contributed by atoms with Gasteiger partial charge in [0.05, 0.1) is 22.4 Å². The van der Waals surface area contributed by atoms with Crippen LogP contribution >= 0.6 is 0 Å². The lowest BCUT2D eigenvalue weighted by molar-refractivity contribution is -0.695. The SMILES string of the molecule is CCC[n+]1cc[nH]c1.O=S(=O)([O-])Cc1ccccc1. The van der Waals surface area contributed by atoms with Crippen LogP contribution in [0.3, 0.4) is 0 Å². The van der Waals surface area contributed by atoms with Crippen LogP contribution in [0, 0.1) is 0 Å². The lowest BCUT2D eigenvalue weighted by Crippen LogP contribution is -2.29. The van der Waals surface area contributed by atoms with Gasteiger partial charge in [0.1, 0.15) is 12.4 Å². The van der Waals surface area contributed by atoms with Gasteiger partial charge in [-0.05, 0) is 12.0 Å². The molecule has 0 aliphatic carbocycles. The molecule has 19 heavy (non-hydrogen) atoms. The van der Waals surface area contributed by atoms with Gasteiger partial charge in [0.25, 0.3) is 0 Å². The van der Waals surface area contributed by atoms with Crippen molar-refractivity contribution in [2.75, 3.05) is 0 Å². The molecule has 5 nitrogen and oxygen atoms in total. The van der Waals surface area contributed by atoms with Crippen LogP contribution in [-0.2, 0) is 22.4 Å². The average molecular weight is 282 g/mol. The van der Waals surface area contributed by atoms with Gasteiger partial charge in [0.15, 0.2) is 0 Å². The summed E-state index contributed by atoms with van der Waals surface area (Å²) in [5, 5.41) is 0. The fourth-order valence-electron chi connectivity index (χ4n) is 1.50. The van der Waals surface area contributed by atoms with Gasteiger partial charge in [0, 0.05) is 0 Å². The number of hydrogen-bond donors (Lipinski definition) is 1. The van der Waals surface area contributed by atoms with E-state index in [9.17, 15) is 13.0 Å². The summed E-state index contributed by atoms with van der Waals surface area (Å²) in [6.07, 6.45) is 7.12. The molecule has 0 aliphatic heterocycles. The second kappa shape index (κ2) is 7.70. The largest absolute Gasteiger partial charge is 0.748 e. The Labute approximate surface area is 113 Å². The van der Waals surface area contributed by atoms with Crippen LogP contribution < -0.4 is 4.57 Å². The molecule has 6 heteroatoms. The fraction of sp³-hybridized carbons (Fsp3) is 0.308. The number of nitrogens with zero attached hydrogens (tertiary/aromatic N) is 1. The number of imidazole rings is 1. The Morgan fingerprint density at radius 2 is 1.95 bits per heavy atom. The quantitative estimate of drug-likeness (QED) is 0.681. The zero-order chi connectivity index (χ0) is 14.1. The molecule has 0 saturated carbocycles. The summed E-state index contributed by atoms with van der Waals surface area (Å²) in [6.45, 7) is 3.28. The highest BCUT2D eigenvalue weighted by atomic mass is 32.2. The molecule has 0 saturated heterocycles. The van der Waals surface area contributed by atoms with Crippen LogP contribution in [0.1, 0.15) is 18.9 Å². The molecule has 104 valence electrons. The van der Waals surface area contributed by atoms with E-state index in [1.807, 2.05) is 18.7 Å². The summed E-state index contributed by atoms with van der Waals surface area (Å²) in [7, 11) is -4.13. The van der Waals surface area contributed by atoms with Crippen molar-refractivity contribution in [3.8, 4) is 0 Å². The Kier molecular flexibility index (Phi) is 6.24. The van der Waals surface area contributed by atoms with E-state index in [0.29, 0.717) is 5.56 Å². The number of hydrogen-bond acceptors (Lipinski definition) is 3. The van der Waals surface area contributed by atoms with E-state index in [2.05, 4.69) is 16.5 Å². The van der Waals surface area contributed by atoms with Gasteiger partial charge in [-0.2, -0.15) is 0 Å². The van der Waals surface area contributed by atoms with Gasteiger partial charge >= 0.3 is 0 Å². The van der Waals surface area contributed by atoms with Crippen molar-refractivity contribution in [2.24, 2.45) is 0 Å². The van der Waals surface area contributed by atoms with Crippen molar-refractivity contribution >= 4 is 10.1 Å². The molecule has 0 bridgehead atoms. The first-order chi connectivity index (χ1) is 9.01. The molecule has 2 rings (SSSR count). The van der Waals surface area contributed by atoms with E-state index < -0.39 is 15.9 Å². The summed E-state index contributed by atoms with van der Waals surface area (Å²) in [6, 6.07) is 8.37. The molecular weight excluding hydrogens is 264 g/mol. The van der Waals surface area contributed by atoms with Crippen molar-refractivity contribution in [2.45, 2.75) is 25.6 Å². The third kappa shape index (κ3) is 7.38. The number of aromatic nitrogens is 2. The molecule has 1 aromatic carbocycles. The Bertz CT molecular complexity index is 551. The number of benzene rings is 1. The van der Waals surface area contributed by atoms with Crippen LogP contribution in [0.25, 0.3) is 0 Å². The van der Waals surface area contributed by atoms with Gasteiger partial charge in [0.2, 0.25) is 6.33 Å². The number of H-pyrrole nitrogens is 1. The van der Waals surface area contributed by atoms with Gasteiger partial charge in [-0.3, -0.25) is 4.98 Å².